The molecule has 1 aliphatic rings. The standard InChI is InChI=1S/C23H18O6/c1-15-19(27-14-21(24)28-13-16-6-3-2-4-7-16)10-9-18-22(25)20(29-23(15)18)12-17-8-5-11-26-17/h2-12H,13-14H2,1H3/b20-12-. The third-order valence-electron chi connectivity index (χ3n) is 4.44. The van der Waals surface area contributed by atoms with Gasteiger partial charge in [-0.15, -0.1) is 0 Å². The molecule has 4 rings (SSSR count). The molecule has 1 aromatic heterocycles. The number of carbonyl (C=O) groups is 2. The molecule has 1 aliphatic heterocycles. The van der Waals surface area contributed by atoms with Crippen LogP contribution in [0.5, 0.6) is 11.5 Å². The average Bonchev–Trinajstić information content (AvgIpc) is 3.36. The average molecular weight is 390 g/mol. The van der Waals surface area contributed by atoms with Gasteiger partial charge in [0.15, 0.2) is 12.4 Å². The van der Waals surface area contributed by atoms with Crippen LogP contribution in [0, 0.1) is 6.92 Å². The molecule has 0 N–H and O–H groups in total. The maximum absolute atomic E-state index is 12.5. The second-order valence-corrected chi connectivity index (χ2v) is 6.46. The summed E-state index contributed by atoms with van der Waals surface area (Å²) < 4.78 is 21.8. The highest BCUT2D eigenvalue weighted by atomic mass is 16.6. The van der Waals surface area contributed by atoms with E-state index < -0.39 is 5.97 Å². The molecule has 0 saturated carbocycles. The molecule has 0 radical (unpaired) electrons. The van der Waals surface area contributed by atoms with Crippen LogP contribution in [0.3, 0.4) is 0 Å². The molecule has 0 aliphatic carbocycles. The number of furan rings is 1. The van der Waals surface area contributed by atoms with Crippen LogP contribution in [-0.4, -0.2) is 18.4 Å². The van der Waals surface area contributed by atoms with E-state index in [9.17, 15) is 9.59 Å². The number of ether oxygens (including phenoxy) is 3. The first-order chi connectivity index (χ1) is 14.1. The van der Waals surface area contributed by atoms with E-state index in [4.69, 9.17) is 18.6 Å². The molecule has 0 spiro atoms. The number of ketones is 1. The fourth-order valence-corrected chi connectivity index (χ4v) is 2.94. The summed E-state index contributed by atoms with van der Waals surface area (Å²) in [5.41, 5.74) is 1.98. The Bertz CT molecular complexity index is 1060. The van der Waals surface area contributed by atoms with Gasteiger partial charge in [0.1, 0.15) is 23.9 Å². The van der Waals surface area contributed by atoms with Crippen LogP contribution in [0.1, 0.15) is 27.2 Å². The van der Waals surface area contributed by atoms with Crippen molar-refractivity contribution < 1.29 is 28.2 Å². The van der Waals surface area contributed by atoms with Gasteiger partial charge in [0, 0.05) is 11.6 Å². The first-order valence-electron chi connectivity index (χ1n) is 9.05. The number of allylic oxidation sites excluding steroid dienone is 1. The van der Waals surface area contributed by atoms with Crippen molar-refractivity contribution in [3.63, 3.8) is 0 Å². The molecule has 3 aromatic rings. The van der Waals surface area contributed by atoms with E-state index in [0.29, 0.717) is 28.4 Å². The molecular formula is C23H18O6. The molecule has 146 valence electrons. The highest BCUT2D eigenvalue weighted by Gasteiger charge is 2.30. The maximum atomic E-state index is 12.5. The summed E-state index contributed by atoms with van der Waals surface area (Å²) >= 11 is 0. The Morgan fingerprint density at radius 1 is 1.07 bits per heavy atom. The van der Waals surface area contributed by atoms with Crippen LogP contribution in [0.4, 0.5) is 0 Å². The predicted molar refractivity (Wildman–Crippen MR) is 105 cm³/mol. The third-order valence-corrected chi connectivity index (χ3v) is 4.44. The number of esters is 1. The lowest BCUT2D eigenvalue weighted by molar-refractivity contribution is -0.147. The number of fused-ring (bicyclic) bond motifs is 1. The van der Waals surface area contributed by atoms with Crippen molar-refractivity contribution in [3.05, 3.63) is 89.1 Å². The van der Waals surface area contributed by atoms with Crippen molar-refractivity contribution >= 4 is 17.8 Å². The van der Waals surface area contributed by atoms with E-state index in [1.807, 2.05) is 30.3 Å². The van der Waals surface area contributed by atoms with Crippen LogP contribution in [0.15, 0.2) is 71.0 Å². The Labute approximate surface area is 167 Å². The molecule has 2 heterocycles. The van der Waals surface area contributed by atoms with Crippen LogP contribution < -0.4 is 9.47 Å². The molecule has 6 heteroatoms. The first kappa shape index (κ1) is 18.6. The Kier molecular flexibility index (Phi) is 5.16. The monoisotopic (exact) mass is 390 g/mol. The summed E-state index contributed by atoms with van der Waals surface area (Å²) in [7, 11) is 0. The zero-order valence-electron chi connectivity index (χ0n) is 15.7. The predicted octanol–water partition coefficient (Wildman–Crippen LogP) is 4.33. The minimum absolute atomic E-state index is 0.178. The van der Waals surface area contributed by atoms with Gasteiger partial charge in [0.05, 0.1) is 11.8 Å². The number of benzene rings is 2. The highest BCUT2D eigenvalue weighted by molar-refractivity contribution is 6.14. The van der Waals surface area contributed by atoms with Crippen molar-refractivity contribution in [3.8, 4) is 11.5 Å². The lowest BCUT2D eigenvalue weighted by Crippen LogP contribution is -2.15. The lowest BCUT2D eigenvalue weighted by Gasteiger charge is -2.11. The quantitative estimate of drug-likeness (QED) is 0.461. The molecule has 0 saturated heterocycles. The third kappa shape index (κ3) is 4.06. The molecule has 0 unspecified atom stereocenters. The van der Waals surface area contributed by atoms with Crippen molar-refractivity contribution in [2.24, 2.45) is 0 Å². The van der Waals surface area contributed by atoms with E-state index in [0.717, 1.165) is 5.56 Å². The van der Waals surface area contributed by atoms with Crippen LogP contribution in [-0.2, 0) is 16.1 Å². The van der Waals surface area contributed by atoms with E-state index in [1.165, 1.54) is 6.26 Å². The van der Waals surface area contributed by atoms with Gasteiger partial charge in [0.25, 0.3) is 0 Å². The molecule has 0 amide bonds. The van der Waals surface area contributed by atoms with Gasteiger partial charge in [-0.1, -0.05) is 30.3 Å². The summed E-state index contributed by atoms with van der Waals surface area (Å²) in [5.74, 6) is 0.863. The number of hydrogen-bond donors (Lipinski definition) is 0. The molecule has 0 bridgehead atoms. The van der Waals surface area contributed by atoms with E-state index in [2.05, 4.69) is 0 Å². The smallest absolute Gasteiger partial charge is 0.344 e. The summed E-state index contributed by atoms with van der Waals surface area (Å²) in [5, 5.41) is 0. The molecule has 0 atom stereocenters. The second kappa shape index (κ2) is 8.06. The van der Waals surface area contributed by atoms with Crippen molar-refractivity contribution in [1.82, 2.24) is 0 Å². The van der Waals surface area contributed by atoms with Crippen molar-refractivity contribution in [2.75, 3.05) is 6.61 Å². The maximum Gasteiger partial charge on any atom is 0.344 e. The van der Waals surface area contributed by atoms with Crippen LogP contribution in [0.2, 0.25) is 0 Å². The normalized spacial score (nSPS) is 13.8. The summed E-state index contributed by atoms with van der Waals surface area (Å²) in [6.07, 6.45) is 3.07. The minimum atomic E-state index is -0.482. The van der Waals surface area contributed by atoms with E-state index >= 15 is 0 Å². The number of Topliss-reactive ketones (excluding diaryl/α,β-unsaturated/α-hetero) is 1. The van der Waals surface area contributed by atoms with E-state index in [1.54, 1.807) is 37.3 Å². The highest BCUT2D eigenvalue weighted by Crippen LogP contribution is 2.39. The minimum Gasteiger partial charge on any atom is -0.481 e. The Morgan fingerprint density at radius 3 is 2.66 bits per heavy atom. The Balaban J connectivity index is 1.41. The first-order valence-corrected chi connectivity index (χ1v) is 9.05. The lowest BCUT2D eigenvalue weighted by atomic mass is 10.1. The largest absolute Gasteiger partial charge is 0.481 e. The number of hydrogen-bond acceptors (Lipinski definition) is 6. The van der Waals surface area contributed by atoms with Crippen LogP contribution >= 0.6 is 0 Å². The number of carbonyl (C=O) groups excluding carboxylic acids is 2. The van der Waals surface area contributed by atoms with Gasteiger partial charge in [0.2, 0.25) is 5.78 Å². The zero-order chi connectivity index (χ0) is 20.2. The summed E-state index contributed by atoms with van der Waals surface area (Å²) in [6.45, 7) is 1.72. The Hall–Kier alpha value is -3.80. The summed E-state index contributed by atoms with van der Waals surface area (Å²) in [4.78, 5) is 24.5. The van der Waals surface area contributed by atoms with Gasteiger partial charge in [-0.05, 0) is 36.8 Å². The van der Waals surface area contributed by atoms with Gasteiger partial charge < -0.3 is 18.6 Å². The fourth-order valence-electron chi connectivity index (χ4n) is 2.94. The Morgan fingerprint density at radius 2 is 1.90 bits per heavy atom. The SMILES string of the molecule is Cc1c(OCC(=O)OCc2ccccc2)ccc2c1O/C(=C\c1ccco1)C2=O. The van der Waals surface area contributed by atoms with Crippen molar-refractivity contribution in [1.29, 1.82) is 0 Å². The van der Waals surface area contributed by atoms with Gasteiger partial charge in [-0.2, -0.15) is 0 Å². The van der Waals surface area contributed by atoms with Crippen LogP contribution in [0.25, 0.3) is 6.08 Å². The van der Waals surface area contributed by atoms with E-state index in [-0.39, 0.29) is 24.8 Å². The second-order valence-electron chi connectivity index (χ2n) is 6.46. The van der Waals surface area contributed by atoms with Crippen molar-refractivity contribution in [2.45, 2.75) is 13.5 Å². The number of rotatable bonds is 6. The molecule has 2 aromatic carbocycles. The molecular weight excluding hydrogens is 372 g/mol. The summed E-state index contributed by atoms with van der Waals surface area (Å²) in [6, 6.07) is 16.1. The van der Waals surface area contributed by atoms with Gasteiger partial charge in [-0.25, -0.2) is 4.79 Å². The zero-order valence-corrected chi connectivity index (χ0v) is 15.7. The fraction of sp³-hybridized carbons (Fsp3) is 0.130. The van der Waals surface area contributed by atoms with Gasteiger partial charge in [-0.3, -0.25) is 4.79 Å². The molecule has 6 nitrogen and oxygen atoms in total. The molecule has 0 fully saturated rings. The molecule has 29 heavy (non-hydrogen) atoms. The van der Waals surface area contributed by atoms with Gasteiger partial charge >= 0.3 is 5.97 Å². The topological polar surface area (TPSA) is 75.0 Å².